The third-order valence-electron chi connectivity index (χ3n) is 6.41. The Kier molecular flexibility index (Phi) is 4.20. The molecule has 162 valence electrons. The van der Waals surface area contributed by atoms with E-state index in [1.54, 1.807) is 0 Å². The van der Waals surface area contributed by atoms with Crippen LogP contribution in [0.15, 0.2) is 115 Å². The van der Waals surface area contributed by atoms with Crippen LogP contribution in [0, 0.1) is 0 Å². The molecule has 0 atom stereocenters. The van der Waals surface area contributed by atoms with Gasteiger partial charge in [0.2, 0.25) is 0 Å². The van der Waals surface area contributed by atoms with Crippen LogP contribution >= 0.6 is 11.6 Å². The summed E-state index contributed by atoms with van der Waals surface area (Å²) in [6.45, 7) is 0. The predicted octanol–water partition coefficient (Wildman–Crippen LogP) is 9.01. The molecule has 0 aliphatic carbocycles. The van der Waals surface area contributed by atoms with Gasteiger partial charge in [-0.1, -0.05) is 66.2 Å². The van der Waals surface area contributed by atoms with Crippen molar-refractivity contribution in [3.8, 4) is 17.2 Å². The second-order valence-electron chi connectivity index (χ2n) is 8.41. The number of rotatable bonds is 2. The van der Waals surface area contributed by atoms with Crippen LogP contribution in [0.4, 0.5) is 17.1 Å². The molecule has 0 N–H and O–H groups in total. The minimum absolute atomic E-state index is 0.726. The smallest absolute Gasteiger partial charge is 0.151 e. The maximum atomic E-state index is 6.44. The highest BCUT2D eigenvalue weighted by Gasteiger charge is 2.25. The Labute approximate surface area is 202 Å². The summed E-state index contributed by atoms with van der Waals surface area (Å²) in [5.41, 5.74) is 6.42. The summed E-state index contributed by atoms with van der Waals surface area (Å²) in [6.07, 6.45) is 0. The van der Waals surface area contributed by atoms with Crippen molar-refractivity contribution in [3.63, 3.8) is 0 Å². The molecule has 4 heteroatoms. The Morgan fingerprint density at radius 2 is 1.18 bits per heavy atom. The minimum Gasteiger partial charge on any atom is -0.453 e. The molecule has 5 aromatic carbocycles. The van der Waals surface area contributed by atoms with Crippen molar-refractivity contribution in [1.29, 1.82) is 0 Å². The molecular formula is C30H19ClN2O. The fourth-order valence-electron chi connectivity index (χ4n) is 4.98. The Bertz CT molecular complexity index is 1670. The van der Waals surface area contributed by atoms with Gasteiger partial charge in [-0.25, -0.2) is 0 Å². The number of nitrogens with zero attached hydrogens (tertiary/aromatic N) is 2. The van der Waals surface area contributed by atoms with Gasteiger partial charge >= 0.3 is 0 Å². The summed E-state index contributed by atoms with van der Waals surface area (Å²) in [5.74, 6) is 1.69. The first kappa shape index (κ1) is 19.3. The number of benzene rings is 5. The highest BCUT2D eigenvalue weighted by molar-refractivity contribution is 6.31. The summed E-state index contributed by atoms with van der Waals surface area (Å²) in [6, 6.07) is 39.5. The lowest BCUT2D eigenvalue weighted by atomic mass is 10.1. The van der Waals surface area contributed by atoms with Crippen LogP contribution in [0.3, 0.4) is 0 Å². The largest absolute Gasteiger partial charge is 0.453 e. The third kappa shape index (κ3) is 2.84. The summed E-state index contributed by atoms with van der Waals surface area (Å²) in [5, 5.41) is 3.12. The number of ether oxygens (including phenoxy) is 1. The first-order chi connectivity index (χ1) is 16.8. The van der Waals surface area contributed by atoms with Crippen molar-refractivity contribution in [2.45, 2.75) is 0 Å². The molecule has 0 fully saturated rings. The molecule has 2 heterocycles. The van der Waals surface area contributed by atoms with E-state index >= 15 is 0 Å². The van der Waals surface area contributed by atoms with Crippen LogP contribution in [0.2, 0.25) is 5.02 Å². The minimum atomic E-state index is 0.726. The van der Waals surface area contributed by atoms with Gasteiger partial charge in [0.05, 0.1) is 22.4 Å². The van der Waals surface area contributed by atoms with Crippen LogP contribution in [0.25, 0.3) is 27.5 Å². The lowest BCUT2D eigenvalue weighted by Gasteiger charge is -2.33. The Hall–Kier alpha value is -4.21. The van der Waals surface area contributed by atoms with Crippen molar-refractivity contribution in [2.75, 3.05) is 4.90 Å². The molecule has 0 radical (unpaired) electrons. The van der Waals surface area contributed by atoms with Crippen LogP contribution in [0.1, 0.15) is 0 Å². The molecule has 7 rings (SSSR count). The van der Waals surface area contributed by atoms with Gasteiger partial charge in [0.15, 0.2) is 11.5 Å². The standard InChI is InChI=1S/C30H19ClN2O/c31-20-16-17-24-23-10-1-2-11-25(23)32(28(24)18-20)21-8-7-9-22(19-21)33-26-12-3-5-14-29(26)34-30-15-6-4-13-27(30)33/h1-19H. The number of hydrogen-bond donors (Lipinski definition) is 0. The maximum absolute atomic E-state index is 6.44. The van der Waals surface area contributed by atoms with Gasteiger partial charge < -0.3 is 14.2 Å². The summed E-state index contributed by atoms with van der Waals surface area (Å²) >= 11 is 6.44. The molecular weight excluding hydrogens is 440 g/mol. The van der Waals surface area contributed by atoms with Crippen molar-refractivity contribution in [3.05, 3.63) is 120 Å². The molecule has 1 aliphatic heterocycles. The average molecular weight is 459 g/mol. The van der Waals surface area contributed by atoms with Crippen molar-refractivity contribution < 1.29 is 4.74 Å². The topological polar surface area (TPSA) is 17.4 Å². The molecule has 6 aromatic rings. The quantitative estimate of drug-likeness (QED) is 0.257. The predicted molar refractivity (Wildman–Crippen MR) is 141 cm³/mol. The van der Waals surface area contributed by atoms with E-state index in [0.717, 1.165) is 50.3 Å². The SMILES string of the molecule is Clc1ccc2c3ccccc3n(-c3cccc(N4c5ccccc5Oc5ccccc54)c3)c2c1. The van der Waals surface area contributed by atoms with Gasteiger partial charge in [-0.3, -0.25) is 0 Å². The molecule has 3 nitrogen and oxygen atoms in total. The van der Waals surface area contributed by atoms with Crippen molar-refractivity contribution >= 4 is 50.5 Å². The highest BCUT2D eigenvalue weighted by Crippen LogP contribution is 2.50. The molecule has 0 saturated heterocycles. The molecule has 0 spiro atoms. The first-order valence-corrected chi connectivity index (χ1v) is 11.6. The summed E-state index contributed by atoms with van der Waals surface area (Å²) in [4.78, 5) is 2.26. The van der Waals surface area contributed by atoms with Crippen LogP contribution in [-0.4, -0.2) is 4.57 Å². The number of para-hydroxylation sites is 5. The van der Waals surface area contributed by atoms with Crippen LogP contribution in [-0.2, 0) is 0 Å². The zero-order chi connectivity index (χ0) is 22.6. The van der Waals surface area contributed by atoms with Gasteiger partial charge in [0.1, 0.15) is 0 Å². The lowest BCUT2D eigenvalue weighted by Crippen LogP contribution is -2.15. The normalized spacial score (nSPS) is 12.4. The average Bonchev–Trinajstić information content (AvgIpc) is 3.20. The van der Waals surface area contributed by atoms with Gasteiger partial charge in [0.25, 0.3) is 0 Å². The molecule has 34 heavy (non-hydrogen) atoms. The fourth-order valence-corrected chi connectivity index (χ4v) is 5.14. The van der Waals surface area contributed by atoms with Gasteiger partial charge in [0, 0.05) is 27.2 Å². The van der Waals surface area contributed by atoms with E-state index in [1.807, 2.05) is 48.5 Å². The van der Waals surface area contributed by atoms with Crippen LogP contribution < -0.4 is 9.64 Å². The molecule has 0 amide bonds. The van der Waals surface area contributed by atoms with Gasteiger partial charge in [-0.2, -0.15) is 0 Å². The maximum Gasteiger partial charge on any atom is 0.151 e. The molecule has 1 aromatic heterocycles. The van der Waals surface area contributed by atoms with E-state index in [2.05, 4.69) is 76.2 Å². The molecule has 0 bridgehead atoms. The van der Waals surface area contributed by atoms with E-state index in [9.17, 15) is 0 Å². The van der Waals surface area contributed by atoms with E-state index in [1.165, 1.54) is 10.8 Å². The summed E-state index contributed by atoms with van der Waals surface area (Å²) < 4.78 is 8.49. The van der Waals surface area contributed by atoms with E-state index < -0.39 is 0 Å². The Morgan fingerprint density at radius 3 is 1.97 bits per heavy atom. The number of aromatic nitrogens is 1. The third-order valence-corrected chi connectivity index (χ3v) is 6.65. The van der Waals surface area contributed by atoms with Gasteiger partial charge in [-0.05, 0) is 60.7 Å². The second kappa shape index (κ2) is 7.41. The van der Waals surface area contributed by atoms with E-state index in [0.29, 0.717) is 0 Å². The number of hydrogen-bond acceptors (Lipinski definition) is 2. The lowest BCUT2D eigenvalue weighted by molar-refractivity contribution is 0.477. The summed E-state index contributed by atoms with van der Waals surface area (Å²) in [7, 11) is 0. The molecule has 0 saturated carbocycles. The zero-order valence-electron chi connectivity index (χ0n) is 18.2. The number of fused-ring (bicyclic) bond motifs is 5. The number of anilines is 3. The Morgan fingerprint density at radius 1 is 0.529 bits per heavy atom. The monoisotopic (exact) mass is 458 g/mol. The van der Waals surface area contributed by atoms with Crippen molar-refractivity contribution in [2.24, 2.45) is 0 Å². The fraction of sp³-hybridized carbons (Fsp3) is 0. The van der Waals surface area contributed by atoms with E-state index in [-0.39, 0.29) is 0 Å². The molecule has 1 aliphatic rings. The first-order valence-electron chi connectivity index (χ1n) is 11.2. The van der Waals surface area contributed by atoms with Crippen LogP contribution in [0.5, 0.6) is 11.5 Å². The van der Waals surface area contributed by atoms with E-state index in [4.69, 9.17) is 16.3 Å². The number of halogens is 1. The zero-order valence-corrected chi connectivity index (χ0v) is 18.9. The second-order valence-corrected chi connectivity index (χ2v) is 8.84. The van der Waals surface area contributed by atoms with Gasteiger partial charge in [-0.15, -0.1) is 0 Å². The molecule has 0 unspecified atom stereocenters. The van der Waals surface area contributed by atoms with Crippen molar-refractivity contribution in [1.82, 2.24) is 4.57 Å². The Balaban J connectivity index is 1.49. The highest BCUT2D eigenvalue weighted by atomic mass is 35.5.